The lowest BCUT2D eigenvalue weighted by molar-refractivity contribution is -0.136. The maximum atomic E-state index is 12.5. The van der Waals surface area contributed by atoms with E-state index in [0.29, 0.717) is 44.8 Å². The van der Waals surface area contributed by atoms with E-state index in [2.05, 4.69) is 5.32 Å². The van der Waals surface area contributed by atoms with Crippen molar-refractivity contribution in [3.05, 3.63) is 30.3 Å². The highest BCUT2D eigenvalue weighted by Gasteiger charge is 2.32. The van der Waals surface area contributed by atoms with E-state index in [1.807, 2.05) is 30.3 Å². The molecule has 3 amide bonds. The van der Waals surface area contributed by atoms with Crippen LogP contribution < -0.4 is 10.1 Å². The number of nitrogens with one attached hydrogen (secondary N) is 1. The van der Waals surface area contributed by atoms with Crippen LogP contribution in [0, 0.1) is 0 Å². The maximum absolute atomic E-state index is 12.5. The largest absolute Gasteiger partial charge is 0.484 e. The van der Waals surface area contributed by atoms with E-state index in [-0.39, 0.29) is 24.3 Å². The van der Waals surface area contributed by atoms with Crippen LogP contribution in [0.2, 0.25) is 0 Å². The molecule has 134 valence electrons. The smallest absolute Gasteiger partial charge is 0.260 e. The quantitative estimate of drug-likeness (QED) is 0.857. The normalized spacial score (nSPS) is 20.8. The van der Waals surface area contributed by atoms with Crippen molar-refractivity contribution in [3.63, 3.8) is 0 Å². The van der Waals surface area contributed by atoms with Gasteiger partial charge in [-0.05, 0) is 25.0 Å². The van der Waals surface area contributed by atoms with Gasteiger partial charge in [-0.15, -0.1) is 0 Å². The van der Waals surface area contributed by atoms with Gasteiger partial charge in [-0.25, -0.2) is 0 Å². The topological polar surface area (TPSA) is 79.0 Å². The first-order valence-corrected chi connectivity index (χ1v) is 8.67. The number of benzene rings is 1. The average molecular weight is 345 g/mol. The first-order valence-electron chi connectivity index (χ1n) is 8.67. The summed E-state index contributed by atoms with van der Waals surface area (Å²) in [5.41, 5.74) is 0. The fourth-order valence-corrected chi connectivity index (χ4v) is 3.16. The number of carbonyl (C=O) groups excluding carboxylic acids is 3. The molecule has 1 aromatic rings. The molecular formula is C18H23N3O4. The summed E-state index contributed by atoms with van der Waals surface area (Å²) in [5.74, 6) is 0.482. The number of rotatable bonds is 4. The molecule has 1 N–H and O–H groups in total. The number of para-hydroxylation sites is 1. The van der Waals surface area contributed by atoms with Gasteiger partial charge in [-0.3, -0.25) is 14.4 Å². The van der Waals surface area contributed by atoms with Gasteiger partial charge >= 0.3 is 0 Å². The van der Waals surface area contributed by atoms with Gasteiger partial charge in [0.05, 0.1) is 0 Å². The van der Waals surface area contributed by atoms with Crippen molar-refractivity contribution in [1.82, 2.24) is 15.1 Å². The molecule has 3 rings (SSSR count). The van der Waals surface area contributed by atoms with Crippen molar-refractivity contribution in [3.8, 4) is 5.75 Å². The Balaban J connectivity index is 1.48. The lowest BCUT2D eigenvalue weighted by atomic mass is 10.2. The highest BCUT2D eigenvalue weighted by atomic mass is 16.5. The summed E-state index contributed by atoms with van der Waals surface area (Å²) in [7, 11) is 0. The summed E-state index contributed by atoms with van der Waals surface area (Å²) < 4.78 is 5.51. The minimum atomic E-state index is -0.406. The predicted octanol–water partition coefficient (Wildman–Crippen LogP) is 0.405. The molecule has 25 heavy (non-hydrogen) atoms. The number of nitrogens with zero attached hydrogens (tertiary/aromatic N) is 2. The average Bonchev–Trinajstić information content (AvgIpc) is 2.92. The minimum absolute atomic E-state index is 0.00333. The molecule has 2 heterocycles. The zero-order valence-electron chi connectivity index (χ0n) is 14.1. The third-order valence-electron chi connectivity index (χ3n) is 4.56. The van der Waals surface area contributed by atoms with Gasteiger partial charge in [0.2, 0.25) is 11.8 Å². The van der Waals surface area contributed by atoms with Crippen LogP contribution in [0.15, 0.2) is 30.3 Å². The van der Waals surface area contributed by atoms with Crippen molar-refractivity contribution in [2.75, 3.05) is 32.8 Å². The van der Waals surface area contributed by atoms with Crippen LogP contribution in [-0.2, 0) is 14.4 Å². The first-order chi connectivity index (χ1) is 12.1. The number of hydrogen-bond donors (Lipinski definition) is 1. The van der Waals surface area contributed by atoms with E-state index in [1.54, 1.807) is 9.80 Å². The third kappa shape index (κ3) is 4.49. The van der Waals surface area contributed by atoms with Crippen molar-refractivity contribution in [2.24, 2.45) is 0 Å². The Morgan fingerprint density at radius 3 is 2.52 bits per heavy atom. The molecule has 2 saturated heterocycles. The van der Waals surface area contributed by atoms with E-state index in [0.717, 1.165) is 6.42 Å². The van der Waals surface area contributed by atoms with E-state index in [9.17, 15) is 14.4 Å². The summed E-state index contributed by atoms with van der Waals surface area (Å²) in [5, 5.41) is 2.71. The number of hydrogen-bond acceptors (Lipinski definition) is 4. The van der Waals surface area contributed by atoms with E-state index < -0.39 is 6.04 Å². The van der Waals surface area contributed by atoms with E-state index in [1.165, 1.54) is 0 Å². The SMILES string of the molecule is O=C1CCC(C(=O)N2CCCN(C(=O)COc3ccccc3)CC2)N1. The van der Waals surface area contributed by atoms with Gasteiger partial charge in [0.25, 0.3) is 5.91 Å². The van der Waals surface area contributed by atoms with E-state index in [4.69, 9.17) is 4.74 Å². The summed E-state index contributed by atoms with van der Waals surface area (Å²) in [6, 6.07) is 8.82. The van der Waals surface area contributed by atoms with Gasteiger partial charge in [0.15, 0.2) is 6.61 Å². The van der Waals surface area contributed by atoms with Crippen LogP contribution in [0.25, 0.3) is 0 Å². The molecule has 7 nitrogen and oxygen atoms in total. The second kappa shape index (κ2) is 8.00. The Bertz CT molecular complexity index is 634. The molecular weight excluding hydrogens is 322 g/mol. The van der Waals surface area contributed by atoms with Crippen LogP contribution in [-0.4, -0.2) is 66.3 Å². The van der Waals surface area contributed by atoms with E-state index >= 15 is 0 Å². The van der Waals surface area contributed by atoms with Gasteiger partial charge in [0, 0.05) is 32.6 Å². The number of amides is 3. The second-order valence-electron chi connectivity index (χ2n) is 6.32. The molecule has 0 aromatic heterocycles. The van der Waals surface area contributed by atoms with Crippen LogP contribution in [0.3, 0.4) is 0 Å². The Labute approximate surface area is 146 Å². The Hall–Kier alpha value is -2.57. The molecule has 7 heteroatoms. The lowest BCUT2D eigenvalue weighted by Gasteiger charge is -2.24. The molecule has 0 saturated carbocycles. The summed E-state index contributed by atoms with van der Waals surface area (Å²) in [4.78, 5) is 39.6. The first kappa shape index (κ1) is 17.3. The summed E-state index contributed by atoms with van der Waals surface area (Å²) in [6.07, 6.45) is 1.69. The summed E-state index contributed by atoms with van der Waals surface area (Å²) >= 11 is 0. The van der Waals surface area contributed by atoms with Gasteiger partial charge in [-0.1, -0.05) is 18.2 Å². The molecule has 0 spiro atoms. The lowest BCUT2D eigenvalue weighted by Crippen LogP contribution is -2.46. The molecule has 1 atom stereocenters. The Morgan fingerprint density at radius 1 is 1.08 bits per heavy atom. The molecule has 1 unspecified atom stereocenters. The Morgan fingerprint density at radius 2 is 1.80 bits per heavy atom. The van der Waals surface area contributed by atoms with Crippen LogP contribution in [0.1, 0.15) is 19.3 Å². The molecule has 2 aliphatic heterocycles. The van der Waals surface area contributed by atoms with Gasteiger partial charge < -0.3 is 19.9 Å². The highest BCUT2D eigenvalue weighted by Crippen LogP contribution is 2.13. The standard InChI is InChI=1S/C18H23N3O4/c22-16-8-7-15(19-16)18(24)21-10-4-9-20(11-12-21)17(23)13-25-14-5-2-1-3-6-14/h1-3,5-6,15H,4,7-13H2,(H,19,22). The van der Waals surface area contributed by atoms with Crippen LogP contribution in [0.4, 0.5) is 0 Å². The number of ether oxygens (including phenoxy) is 1. The van der Waals surface area contributed by atoms with Crippen molar-refractivity contribution >= 4 is 17.7 Å². The van der Waals surface area contributed by atoms with Crippen LogP contribution in [0.5, 0.6) is 5.75 Å². The predicted molar refractivity (Wildman–Crippen MR) is 90.9 cm³/mol. The second-order valence-corrected chi connectivity index (χ2v) is 6.32. The summed E-state index contributed by atoms with van der Waals surface area (Å²) in [6.45, 7) is 2.19. The zero-order chi connectivity index (χ0) is 17.6. The fraction of sp³-hybridized carbons (Fsp3) is 0.500. The maximum Gasteiger partial charge on any atom is 0.260 e. The third-order valence-corrected chi connectivity index (χ3v) is 4.56. The highest BCUT2D eigenvalue weighted by molar-refractivity contribution is 5.90. The fourth-order valence-electron chi connectivity index (χ4n) is 3.16. The zero-order valence-corrected chi connectivity index (χ0v) is 14.1. The van der Waals surface area contributed by atoms with Crippen molar-refractivity contribution in [2.45, 2.75) is 25.3 Å². The molecule has 2 aliphatic rings. The van der Waals surface area contributed by atoms with Crippen LogP contribution >= 0.6 is 0 Å². The molecule has 0 aliphatic carbocycles. The van der Waals surface area contributed by atoms with Crippen molar-refractivity contribution < 1.29 is 19.1 Å². The van der Waals surface area contributed by atoms with Gasteiger partial charge in [0.1, 0.15) is 11.8 Å². The molecule has 1 aromatic carbocycles. The minimum Gasteiger partial charge on any atom is -0.484 e. The molecule has 2 fully saturated rings. The monoisotopic (exact) mass is 345 g/mol. The molecule has 0 bridgehead atoms. The molecule has 0 radical (unpaired) electrons. The van der Waals surface area contributed by atoms with Crippen molar-refractivity contribution in [1.29, 1.82) is 0 Å². The Kier molecular flexibility index (Phi) is 5.53. The van der Waals surface area contributed by atoms with Gasteiger partial charge in [-0.2, -0.15) is 0 Å². The number of carbonyl (C=O) groups is 3.